The zero-order chi connectivity index (χ0) is 10.4. The van der Waals surface area contributed by atoms with E-state index in [1.807, 2.05) is 6.08 Å². The molecule has 0 aromatic carbocycles. The Hall–Kier alpha value is -0.310. The van der Waals surface area contributed by atoms with Crippen LogP contribution in [0.3, 0.4) is 0 Å². The summed E-state index contributed by atoms with van der Waals surface area (Å²) in [5.41, 5.74) is 1.38. The number of hydrogen-bond donors (Lipinski definition) is 0. The van der Waals surface area contributed by atoms with Gasteiger partial charge in [-0.1, -0.05) is 65.6 Å². The van der Waals surface area contributed by atoms with Crippen LogP contribution in [0.1, 0.15) is 19.8 Å². The van der Waals surface area contributed by atoms with Gasteiger partial charge in [0.05, 0.1) is 0 Å². The van der Waals surface area contributed by atoms with Gasteiger partial charge in [0.15, 0.2) is 0 Å². The van der Waals surface area contributed by atoms with E-state index in [2.05, 4.69) is 66.5 Å². The van der Waals surface area contributed by atoms with Crippen molar-refractivity contribution in [3.05, 3.63) is 48.6 Å². The topological polar surface area (TPSA) is 0 Å². The lowest BCUT2D eigenvalue weighted by atomic mass is 9.88. The van der Waals surface area contributed by atoms with Gasteiger partial charge in [-0.05, 0) is 25.3 Å². The van der Waals surface area contributed by atoms with Crippen LogP contribution in [-0.4, -0.2) is 3.92 Å². The largest absolute Gasteiger partial charge is 0.0991 e. The van der Waals surface area contributed by atoms with Crippen LogP contribution in [0.25, 0.3) is 0 Å². The van der Waals surface area contributed by atoms with Crippen LogP contribution in [0.2, 0.25) is 0 Å². The van der Waals surface area contributed by atoms with Crippen molar-refractivity contribution in [2.45, 2.75) is 23.7 Å². The first-order valence-electron chi connectivity index (χ1n) is 5.04. The first-order chi connectivity index (χ1) is 6.77. The summed E-state index contributed by atoms with van der Waals surface area (Å²) in [5, 5.41) is 0. The molecule has 0 aromatic rings. The maximum absolute atomic E-state index is 3.76. The molecule has 0 amide bonds. The highest BCUT2D eigenvalue weighted by atomic mass is 127. The molecule has 1 rings (SSSR count). The van der Waals surface area contributed by atoms with Gasteiger partial charge in [0, 0.05) is 9.84 Å². The highest BCUT2D eigenvalue weighted by Crippen LogP contribution is 2.29. The van der Waals surface area contributed by atoms with E-state index in [9.17, 15) is 0 Å². The number of rotatable bonds is 3. The second kappa shape index (κ2) is 6.23. The van der Waals surface area contributed by atoms with E-state index in [4.69, 9.17) is 0 Å². The molecule has 0 nitrogen and oxygen atoms in total. The molecule has 0 aliphatic heterocycles. The van der Waals surface area contributed by atoms with Crippen molar-refractivity contribution in [2.75, 3.05) is 0 Å². The summed E-state index contributed by atoms with van der Waals surface area (Å²) in [6, 6.07) is 0. The van der Waals surface area contributed by atoms with E-state index in [-0.39, 0.29) is 0 Å². The van der Waals surface area contributed by atoms with Crippen molar-refractivity contribution >= 4 is 22.6 Å². The molecule has 1 heteroatoms. The Morgan fingerprint density at radius 3 is 2.93 bits per heavy atom. The lowest BCUT2D eigenvalue weighted by Gasteiger charge is -2.21. The Bertz CT molecular complexity index is 271. The molecule has 1 aliphatic carbocycles. The lowest BCUT2D eigenvalue weighted by Crippen LogP contribution is -2.11. The third-order valence-corrected chi connectivity index (χ3v) is 3.38. The molecule has 1 aliphatic rings. The fourth-order valence-corrected chi connectivity index (χ4v) is 2.56. The molecule has 2 atom stereocenters. The predicted molar refractivity (Wildman–Crippen MR) is 72.8 cm³/mol. The normalized spacial score (nSPS) is 28.3. The highest BCUT2D eigenvalue weighted by molar-refractivity contribution is 14.1. The molecule has 0 aromatic heterocycles. The molecule has 0 saturated carbocycles. The molecule has 0 spiro atoms. The van der Waals surface area contributed by atoms with Crippen LogP contribution in [0, 0.1) is 5.92 Å². The van der Waals surface area contributed by atoms with E-state index in [1.54, 1.807) is 0 Å². The first-order valence-corrected chi connectivity index (χ1v) is 6.28. The number of halogens is 1. The predicted octanol–water partition coefficient (Wildman–Crippen LogP) is 4.44. The van der Waals surface area contributed by atoms with Crippen molar-refractivity contribution in [1.82, 2.24) is 0 Å². The van der Waals surface area contributed by atoms with Gasteiger partial charge in [-0.3, -0.25) is 0 Å². The van der Waals surface area contributed by atoms with Gasteiger partial charge in [-0.25, -0.2) is 0 Å². The van der Waals surface area contributed by atoms with Gasteiger partial charge in [-0.2, -0.15) is 0 Å². The number of hydrogen-bond acceptors (Lipinski definition) is 0. The SMILES string of the molecule is C=C/C=C(\C=C/C)C1C=CCC(I)C1. The van der Waals surface area contributed by atoms with Gasteiger partial charge in [0.25, 0.3) is 0 Å². The van der Waals surface area contributed by atoms with E-state index < -0.39 is 0 Å². The third-order valence-electron chi connectivity index (χ3n) is 2.37. The Kier molecular flexibility index (Phi) is 5.23. The average Bonchev–Trinajstić information content (AvgIpc) is 2.17. The Morgan fingerprint density at radius 2 is 2.36 bits per heavy atom. The Morgan fingerprint density at radius 1 is 1.57 bits per heavy atom. The second-order valence-corrected chi connectivity index (χ2v) is 5.27. The summed E-state index contributed by atoms with van der Waals surface area (Å²) in [4.78, 5) is 0. The molecular weight excluding hydrogens is 283 g/mol. The monoisotopic (exact) mass is 300 g/mol. The number of allylic oxidation sites excluding steroid dienone is 7. The number of alkyl halides is 1. The zero-order valence-electron chi connectivity index (χ0n) is 8.62. The fraction of sp³-hybridized carbons (Fsp3) is 0.385. The fourth-order valence-electron chi connectivity index (χ4n) is 1.72. The van der Waals surface area contributed by atoms with Gasteiger partial charge in [-0.15, -0.1) is 0 Å². The van der Waals surface area contributed by atoms with Crippen LogP contribution in [0.4, 0.5) is 0 Å². The Labute approximate surface area is 101 Å². The summed E-state index contributed by atoms with van der Waals surface area (Å²) < 4.78 is 0.779. The maximum atomic E-state index is 3.76. The maximum Gasteiger partial charge on any atom is 0.0153 e. The van der Waals surface area contributed by atoms with Crippen molar-refractivity contribution in [3.63, 3.8) is 0 Å². The van der Waals surface area contributed by atoms with E-state index in [0.717, 1.165) is 3.92 Å². The molecule has 0 radical (unpaired) electrons. The molecule has 0 heterocycles. The van der Waals surface area contributed by atoms with Crippen LogP contribution in [0.5, 0.6) is 0 Å². The minimum Gasteiger partial charge on any atom is -0.0991 e. The van der Waals surface area contributed by atoms with Crippen LogP contribution in [0.15, 0.2) is 48.6 Å². The molecule has 0 saturated heterocycles. The summed E-state index contributed by atoms with van der Waals surface area (Å²) in [6.07, 6.45) is 15.4. The zero-order valence-corrected chi connectivity index (χ0v) is 10.8. The van der Waals surface area contributed by atoms with Gasteiger partial charge in [0.1, 0.15) is 0 Å². The molecule has 0 fully saturated rings. The van der Waals surface area contributed by atoms with Gasteiger partial charge in [0.2, 0.25) is 0 Å². The van der Waals surface area contributed by atoms with E-state index in [1.165, 1.54) is 18.4 Å². The van der Waals surface area contributed by atoms with E-state index in [0.29, 0.717) is 5.92 Å². The quantitative estimate of drug-likeness (QED) is 0.313. The first kappa shape index (κ1) is 11.8. The van der Waals surface area contributed by atoms with Gasteiger partial charge < -0.3 is 0 Å². The summed E-state index contributed by atoms with van der Waals surface area (Å²) in [6.45, 7) is 5.82. The van der Waals surface area contributed by atoms with Crippen molar-refractivity contribution in [3.8, 4) is 0 Å². The van der Waals surface area contributed by atoms with E-state index >= 15 is 0 Å². The summed E-state index contributed by atoms with van der Waals surface area (Å²) in [7, 11) is 0. The average molecular weight is 300 g/mol. The van der Waals surface area contributed by atoms with Crippen LogP contribution < -0.4 is 0 Å². The second-order valence-electron chi connectivity index (χ2n) is 3.51. The van der Waals surface area contributed by atoms with Gasteiger partial charge >= 0.3 is 0 Å². The van der Waals surface area contributed by atoms with Crippen LogP contribution >= 0.6 is 22.6 Å². The summed E-state index contributed by atoms with van der Waals surface area (Å²) in [5.74, 6) is 0.583. The minimum atomic E-state index is 0.583. The Balaban J connectivity index is 2.78. The minimum absolute atomic E-state index is 0.583. The highest BCUT2D eigenvalue weighted by Gasteiger charge is 2.16. The standard InChI is InChI=1S/C13H17I/c1-3-6-11(7-4-2)12-8-5-9-13(14)10-12/h3-8,12-13H,1,9-10H2,2H3/b7-4-,11-6+. The molecular formula is C13H17I. The summed E-state index contributed by atoms with van der Waals surface area (Å²) >= 11 is 2.53. The van der Waals surface area contributed by atoms with Crippen molar-refractivity contribution in [2.24, 2.45) is 5.92 Å². The lowest BCUT2D eigenvalue weighted by molar-refractivity contribution is 0.642. The van der Waals surface area contributed by atoms with Crippen molar-refractivity contribution in [1.29, 1.82) is 0 Å². The molecule has 76 valence electrons. The third kappa shape index (κ3) is 3.45. The molecule has 0 N–H and O–H groups in total. The molecule has 14 heavy (non-hydrogen) atoms. The smallest absolute Gasteiger partial charge is 0.0153 e. The molecule has 0 bridgehead atoms. The molecule has 2 unspecified atom stereocenters. The van der Waals surface area contributed by atoms with Crippen LogP contribution in [-0.2, 0) is 0 Å². The van der Waals surface area contributed by atoms with Crippen molar-refractivity contribution < 1.29 is 0 Å².